The molecule has 0 atom stereocenters. The van der Waals surface area contributed by atoms with E-state index in [1.165, 1.54) is 11.3 Å². The lowest BCUT2D eigenvalue weighted by molar-refractivity contribution is 0.0985. The largest absolute Gasteiger partial charge is 0.486 e. The molecular weight excluding hydrogens is 326 g/mol. The first-order chi connectivity index (χ1) is 10.4. The Bertz CT molecular complexity index is 826. The Morgan fingerprint density at radius 3 is 2.59 bits per heavy atom. The molecule has 116 valence electrons. The highest BCUT2D eigenvalue weighted by Crippen LogP contribution is 2.36. The van der Waals surface area contributed by atoms with Gasteiger partial charge in [0.1, 0.15) is 13.2 Å². The predicted molar refractivity (Wildman–Crippen MR) is 83.1 cm³/mol. The molecule has 0 bridgehead atoms. The number of sulfonamides is 1. The Labute approximate surface area is 131 Å². The van der Waals surface area contributed by atoms with Gasteiger partial charge in [-0.2, -0.15) is 0 Å². The van der Waals surface area contributed by atoms with Gasteiger partial charge < -0.3 is 9.47 Å². The number of nitrogens with one attached hydrogen (secondary N) is 1. The summed E-state index contributed by atoms with van der Waals surface area (Å²) >= 11 is 1.21. The molecule has 0 fully saturated rings. The molecule has 22 heavy (non-hydrogen) atoms. The van der Waals surface area contributed by atoms with Crippen molar-refractivity contribution in [3.63, 3.8) is 0 Å². The van der Waals surface area contributed by atoms with E-state index in [1.54, 1.807) is 12.1 Å². The lowest BCUT2D eigenvalue weighted by Gasteiger charge is -2.18. The fraction of sp³-hybridized carbons (Fsp3) is 0.214. The van der Waals surface area contributed by atoms with E-state index >= 15 is 0 Å². The average Bonchev–Trinajstić information content (AvgIpc) is 2.95. The van der Waals surface area contributed by atoms with Crippen LogP contribution in [-0.2, 0) is 10.0 Å². The Hall–Kier alpha value is -2.06. The maximum atomic E-state index is 11.8. The van der Waals surface area contributed by atoms with Gasteiger partial charge in [0.15, 0.2) is 11.5 Å². The van der Waals surface area contributed by atoms with Gasteiger partial charge in [0.2, 0.25) is 10.0 Å². The fourth-order valence-corrected chi connectivity index (χ4v) is 3.44. The molecule has 6 nitrogen and oxygen atoms in total. The van der Waals surface area contributed by atoms with E-state index in [9.17, 15) is 13.2 Å². The maximum absolute atomic E-state index is 11.8. The predicted octanol–water partition coefficient (Wildman–Crippen LogP) is 1.88. The Morgan fingerprint density at radius 1 is 1.14 bits per heavy atom. The molecule has 1 aromatic carbocycles. The van der Waals surface area contributed by atoms with Crippen LogP contribution in [0.5, 0.6) is 11.5 Å². The summed E-state index contributed by atoms with van der Waals surface area (Å²) in [5.74, 6) is 0.733. The van der Waals surface area contributed by atoms with Gasteiger partial charge in [0.25, 0.3) is 5.91 Å². The summed E-state index contributed by atoms with van der Waals surface area (Å²) < 4.78 is 35.1. The van der Waals surface area contributed by atoms with E-state index < -0.39 is 15.9 Å². The number of carbonyl (C=O) groups excluding carboxylic acids is 1. The molecule has 0 aliphatic carbocycles. The molecule has 2 heterocycles. The van der Waals surface area contributed by atoms with Gasteiger partial charge in [-0.1, -0.05) is 0 Å². The van der Waals surface area contributed by atoms with Crippen molar-refractivity contribution in [1.82, 2.24) is 4.72 Å². The molecule has 1 aliphatic heterocycles. The Kier molecular flexibility index (Phi) is 3.79. The maximum Gasteiger partial charge on any atom is 0.274 e. The fourth-order valence-electron chi connectivity index (χ4n) is 2.03. The first-order valence-electron chi connectivity index (χ1n) is 6.44. The van der Waals surface area contributed by atoms with Crippen LogP contribution in [0.15, 0.2) is 30.3 Å². The molecule has 8 heteroatoms. The summed E-state index contributed by atoms with van der Waals surface area (Å²) in [6.45, 7) is 1.03. The van der Waals surface area contributed by atoms with Crippen molar-refractivity contribution in [2.24, 2.45) is 0 Å². The topological polar surface area (TPSA) is 81.7 Å². The highest BCUT2D eigenvalue weighted by molar-refractivity contribution is 7.89. The van der Waals surface area contributed by atoms with Crippen molar-refractivity contribution in [1.29, 1.82) is 0 Å². The number of fused-ring (bicyclic) bond motifs is 1. The van der Waals surface area contributed by atoms with Gasteiger partial charge in [0.05, 0.1) is 11.1 Å². The molecule has 1 aromatic heterocycles. The molecule has 3 rings (SSSR count). The van der Waals surface area contributed by atoms with Gasteiger partial charge >= 0.3 is 0 Å². The highest BCUT2D eigenvalue weighted by atomic mass is 32.2. The minimum absolute atomic E-state index is 0.329. The van der Waals surface area contributed by atoms with Gasteiger partial charge in [0, 0.05) is 4.88 Å². The van der Waals surface area contributed by atoms with E-state index in [4.69, 9.17) is 9.47 Å². The molecule has 0 spiro atoms. The van der Waals surface area contributed by atoms with Crippen molar-refractivity contribution >= 4 is 27.3 Å². The minimum Gasteiger partial charge on any atom is -0.486 e. The van der Waals surface area contributed by atoms with Crippen LogP contribution >= 0.6 is 11.3 Å². The van der Waals surface area contributed by atoms with Gasteiger partial charge in [-0.25, -0.2) is 13.1 Å². The average molecular weight is 339 g/mol. The minimum atomic E-state index is -3.57. The van der Waals surface area contributed by atoms with E-state index in [-0.39, 0.29) is 0 Å². The zero-order chi connectivity index (χ0) is 15.7. The van der Waals surface area contributed by atoms with Crippen molar-refractivity contribution in [3.05, 3.63) is 35.2 Å². The third-order valence-corrected chi connectivity index (χ3v) is 4.62. The number of carbonyl (C=O) groups is 1. The SMILES string of the molecule is CS(=O)(=O)NC(=O)c1ccc(-c2ccc3c(c2)OCCO3)s1. The van der Waals surface area contributed by atoms with Crippen LogP contribution in [0.4, 0.5) is 0 Å². The number of ether oxygens (including phenoxy) is 2. The number of amides is 1. The van der Waals surface area contributed by atoms with Gasteiger partial charge in [-0.15, -0.1) is 11.3 Å². The van der Waals surface area contributed by atoms with E-state index in [2.05, 4.69) is 0 Å². The van der Waals surface area contributed by atoms with Crippen molar-refractivity contribution in [3.8, 4) is 21.9 Å². The first kappa shape index (κ1) is 14.9. The lowest BCUT2D eigenvalue weighted by Crippen LogP contribution is -2.28. The van der Waals surface area contributed by atoms with E-state index in [0.29, 0.717) is 29.6 Å². The Morgan fingerprint density at radius 2 is 1.86 bits per heavy atom. The van der Waals surface area contributed by atoms with Crippen molar-refractivity contribution < 1.29 is 22.7 Å². The number of hydrogen-bond acceptors (Lipinski definition) is 6. The number of thiophene rings is 1. The quantitative estimate of drug-likeness (QED) is 0.923. The normalized spacial score (nSPS) is 13.7. The molecule has 0 saturated carbocycles. The second-order valence-corrected chi connectivity index (χ2v) is 7.56. The zero-order valence-corrected chi connectivity index (χ0v) is 13.3. The summed E-state index contributed by atoms with van der Waals surface area (Å²) in [6.07, 6.45) is 0.945. The van der Waals surface area contributed by atoms with Crippen LogP contribution < -0.4 is 14.2 Å². The molecule has 1 aliphatic rings. The molecule has 0 unspecified atom stereocenters. The van der Waals surface area contributed by atoms with Crippen LogP contribution in [0.1, 0.15) is 9.67 Å². The van der Waals surface area contributed by atoms with Crippen LogP contribution in [0, 0.1) is 0 Å². The summed E-state index contributed by atoms with van der Waals surface area (Å²) in [4.78, 5) is 13.0. The monoisotopic (exact) mass is 339 g/mol. The summed E-state index contributed by atoms with van der Waals surface area (Å²) in [7, 11) is -3.57. The van der Waals surface area contributed by atoms with Gasteiger partial charge in [-0.05, 0) is 35.9 Å². The van der Waals surface area contributed by atoms with Crippen LogP contribution in [-0.4, -0.2) is 33.8 Å². The highest BCUT2D eigenvalue weighted by Gasteiger charge is 2.16. The smallest absolute Gasteiger partial charge is 0.274 e. The van der Waals surface area contributed by atoms with Gasteiger partial charge in [-0.3, -0.25) is 4.79 Å². The number of hydrogen-bond donors (Lipinski definition) is 1. The summed E-state index contributed by atoms with van der Waals surface area (Å²) in [5, 5.41) is 0. The summed E-state index contributed by atoms with van der Waals surface area (Å²) in [6, 6.07) is 8.90. The first-order valence-corrected chi connectivity index (χ1v) is 9.15. The lowest BCUT2D eigenvalue weighted by atomic mass is 10.1. The molecule has 2 aromatic rings. The summed E-state index contributed by atoms with van der Waals surface area (Å²) in [5.41, 5.74) is 0.882. The molecular formula is C14H13NO5S2. The third kappa shape index (κ3) is 3.23. The second kappa shape index (κ2) is 5.62. The molecule has 1 amide bonds. The van der Waals surface area contributed by atoms with E-state index in [1.807, 2.05) is 22.9 Å². The van der Waals surface area contributed by atoms with Crippen LogP contribution in [0.25, 0.3) is 10.4 Å². The molecule has 0 saturated heterocycles. The van der Waals surface area contributed by atoms with E-state index in [0.717, 1.165) is 16.7 Å². The molecule has 1 N–H and O–H groups in total. The van der Waals surface area contributed by atoms with Crippen LogP contribution in [0.2, 0.25) is 0 Å². The zero-order valence-electron chi connectivity index (χ0n) is 11.7. The number of benzene rings is 1. The standard InChI is InChI=1S/C14H13NO5S2/c1-22(17,18)15-14(16)13-5-4-12(21-13)9-2-3-10-11(8-9)20-7-6-19-10/h2-5,8H,6-7H2,1H3,(H,15,16). The van der Waals surface area contributed by atoms with Crippen molar-refractivity contribution in [2.75, 3.05) is 19.5 Å². The second-order valence-electron chi connectivity index (χ2n) is 4.73. The molecule has 0 radical (unpaired) electrons. The van der Waals surface area contributed by atoms with Crippen molar-refractivity contribution in [2.45, 2.75) is 0 Å². The Balaban J connectivity index is 1.86. The number of rotatable bonds is 3. The van der Waals surface area contributed by atoms with Crippen LogP contribution in [0.3, 0.4) is 0 Å². The third-order valence-electron chi connectivity index (χ3n) is 2.93.